The van der Waals surface area contributed by atoms with Crippen molar-refractivity contribution < 1.29 is 0 Å². The van der Waals surface area contributed by atoms with Crippen molar-refractivity contribution in [3.8, 4) is 0 Å². The molecular formula is C21H28N2Si. The Labute approximate surface area is 147 Å². The average molecular weight is 337 g/mol. The SMILES string of the molecule is CC(=Nc1ccccc1)/C(C)=C(/c1ccccc1)N(C)[Si](C)(C)C. The fraction of sp³-hybridized carbons (Fsp3) is 0.286. The third-order valence-corrected chi connectivity index (χ3v) is 6.58. The second-order valence-electron chi connectivity index (χ2n) is 7.10. The molecule has 0 aliphatic heterocycles. The van der Waals surface area contributed by atoms with Crippen LogP contribution >= 0.6 is 0 Å². The first-order valence-electron chi connectivity index (χ1n) is 8.41. The highest BCUT2D eigenvalue weighted by atomic mass is 28.3. The summed E-state index contributed by atoms with van der Waals surface area (Å²) in [6, 6.07) is 20.8. The molecule has 0 spiro atoms. The largest absolute Gasteiger partial charge is 0.400 e. The quantitative estimate of drug-likeness (QED) is 0.484. The minimum Gasteiger partial charge on any atom is -0.400 e. The lowest BCUT2D eigenvalue weighted by Crippen LogP contribution is -2.42. The molecule has 0 saturated heterocycles. The molecule has 0 heterocycles. The van der Waals surface area contributed by atoms with Crippen LogP contribution in [-0.4, -0.2) is 25.6 Å². The summed E-state index contributed by atoms with van der Waals surface area (Å²) in [7, 11) is 0.729. The normalized spacial score (nSPS) is 13.5. The third kappa shape index (κ3) is 4.45. The van der Waals surface area contributed by atoms with Gasteiger partial charge in [0.25, 0.3) is 0 Å². The first kappa shape index (κ1) is 18.2. The Morgan fingerprint density at radius 2 is 1.33 bits per heavy atom. The molecule has 0 bridgehead atoms. The van der Waals surface area contributed by atoms with E-state index >= 15 is 0 Å². The van der Waals surface area contributed by atoms with Crippen LogP contribution in [0.25, 0.3) is 5.70 Å². The van der Waals surface area contributed by atoms with E-state index in [9.17, 15) is 0 Å². The van der Waals surface area contributed by atoms with E-state index in [1.807, 2.05) is 30.3 Å². The van der Waals surface area contributed by atoms with E-state index in [1.54, 1.807) is 0 Å². The predicted molar refractivity (Wildman–Crippen MR) is 109 cm³/mol. The second-order valence-corrected chi connectivity index (χ2v) is 12.1. The van der Waals surface area contributed by atoms with Crippen molar-refractivity contribution >= 4 is 25.3 Å². The summed E-state index contributed by atoms with van der Waals surface area (Å²) in [5.41, 5.74) is 5.83. The number of nitrogens with zero attached hydrogens (tertiary/aromatic N) is 2. The van der Waals surface area contributed by atoms with Gasteiger partial charge in [0.05, 0.1) is 5.69 Å². The summed E-state index contributed by atoms with van der Waals surface area (Å²) in [6.07, 6.45) is 0. The van der Waals surface area contributed by atoms with Crippen LogP contribution in [0.5, 0.6) is 0 Å². The Morgan fingerprint density at radius 1 is 0.833 bits per heavy atom. The van der Waals surface area contributed by atoms with E-state index in [4.69, 9.17) is 4.99 Å². The predicted octanol–water partition coefficient (Wildman–Crippen LogP) is 5.98. The molecular weight excluding hydrogens is 308 g/mol. The van der Waals surface area contributed by atoms with Crippen LogP contribution in [0.15, 0.2) is 71.2 Å². The van der Waals surface area contributed by atoms with Gasteiger partial charge >= 0.3 is 0 Å². The monoisotopic (exact) mass is 336 g/mol. The van der Waals surface area contributed by atoms with Crippen molar-refractivity contribution in [3.05, 3.63) is 71.8 Å². The van der Waals surface area contributed by atoms with Crippen LogP contribution in [0.1, 0.15) is 19.4 Å². The Hall–Kier alpha value is -2.13. The van der Waals surface area contributed by atoms with Gasteiger partial charge in [0, 0.05) is 11.4 Å². The minimum atomic E-state index is -1.49. The second kappa shape index (κ2) is 7.62. The van der Waals surface area contributed by atoms with E-state index in [1.165, 1.54) is 16.8 Å². The minimum absolute atomic E-state index is 0.998. The van der Waals surface area contributed by atoms with Crippen LogP contribution < -0.4 is 0 Å². The van der Waals surface area contributed by atoms with E-state index in [0.29, 0.717) is 0 Å². The highest BCUT2D eigenvalue weighted by Gasteiger charge is 2.25. The number of para-hydroxylation sites is 1. The Kier molecular flexibility index (Phi) is 5.78. The van der Waals surface area contributed by atoms with Gasteiger partial charge in [0.2, 0.25) is 0 Å². The van der Waals surface area contributed by atoms with Gasteiger partial charge in [-0.1, -0.05) is 68.2 Å². The van der Waals surface area contributed by atoms with Crippen molar-refractivity contribution in [1.29, 1.82) is 0 Å². The molecule has 0 fully saturated rings. The lowest BCUT2D eigenvalue weighted by molar-refractivity contribution is 0.717. The molecule has 0 aromatic heterocycles. The lowest BCUT2D eigenvalue weighted by atomic mass is 10.0. The number of allylic oxidation sites excluding steroid dienone is 1. The van der Waals surface area contributed by atoms with Gasteiger partial charge in [-0.3, -0.25) is 4.99 Å². The zero-order valence-electron chi connectivity index (χ0n) is 15.7. The molecule has 126 valence electrons. The molecule has 2 nitrogen and oxygen atoms in total. The summed E-state index contributed by atoms with van der Waals surface area (Å²) in [5.74, 6) is 0. The molecule has 2 rings (SSSR count). The zero-order chi connectivity index (χ0) is 17.7. The Morgan fingerprint density at radius 3 is 1.83 bits per heavy atom. The highest BCUT2D eigenvalue weighted by molar-refractivity contribution is 6.74. The molecule has 2 aromatic rings. The standard InChI is InChI=1S/C21H28N2Si/c1-17(18(2)22-20-15-11-8-12-16-20)21(23(3)24(4,5)6)19-13-9-7-10-14-19/h7-16H,1-6H3/b21-17-,22-18?. The molecule has 0 N–H and O–H groups in total. The molecule has 0 aliphatic carbocycles. The number of hydrogen-bond acceptors (Lipinski definition) is 2. The van der Waals surface area contributed by atoms with Crippen LogP contribution in [0.2, 0.25) is 19.6 Å². The maximum absolute atomic E-state index is 4.82. The summed E-state index contributed by atoms with van der Waals surface area (Å²) in [4.78, 5) is 4.82. The van der Waals surface area contributed by atoms with Crippen molar-refractivity contribution in [2.24, 2.45) is 4.99 Å². The van der Waals surface area contributed by atoms with Gasteiger partial charge in [-0.2, -0.15) is 0 Å². The van der Waals surface area contributed by atoms with Gasteiger partial charge < -0.3 is 4.57 Å². The van der Waals surface area contributed by atoms with Crippen molar-refractivity contribution in [2.45, 2.75) is 33.5 Å². The summed E-state index contributed by atoms with van der Waals surface area (Å²) in [6.45, 7) is 11.4. The van der Waals surface area contributed by atoms with Crippen LogP contribution in [0.4, 0.5) is 5.69 Å². The van der Waals surface area contributed by atoms with Gasteiger partial charge in [-0.15, -0.1) is 0 Å². The van der Waals surface area contributed by atoms with Crippen LogP contribution in [0, 0.1) is 0 Å². The van der Waals surface area contributed by atoms with E-state index in [2.05, 4.69) is 75.4 Å². The number of benzene rings is 2. The third-order valence-electron chi connectivity index (χ3n) is 4.34. The molecule has 0 radical (unpaired) electrons. The number of aliphatic imine (C=N–C) groups is 1. The molecule has 0 amide bonds. The smallest absolute Gasteiger partial charge is 0.147 e. The lowest BCUT2D eigenvalue weighted by Gasteiger charge is -2.36. The maximum atomic E-state index is 4.82. The van der Waals surface area contributed by atoms with Crippen LogP contribution in [-0.2, 0) is 0 Å². The molecule has 24 heavy (non-hydrogen) atoms. The first-order chi connectivity index (χ1) is 11.3. The van der Waals surface area contributed by atoms with Crippen molar-refractivity contribution in [1.82, 2.24) is 4.57 Å². The van der Waals surface area contributed by atoms with E-state index < -0.39 is 8.24 Å². The summed E-state index contributed by atoms with van der Waals surface area (Å²) >= 11 is 0. The molecule has 2 aromatic carbocycles. The molecule has 0 unspecified atom stereocenters. The van der Waals surface area contributed by atoms with E-state index in [-0.39, 0.29) is 0 Å². The fourth-order valence-corrected chi connectivity index (χ4v) is 3.51. The average Bonchev–Trinajstić information content (AvgIpc) is 2.56. The van der Waals surface area contributed by atoms with Gasteiger partial charge in [-0.25, -0.2) is 0 Å². The van der Waals surface area contributed by atoms with Gasteiger partial charge in [-0.05, 0) is 44.2 Å². The highest BCUT2D eigenvalue weighted by Crippen LogP contribution is 2.28. The first-order valence-corrected chi connectivity index (χ1v) is 11.9. The Balaban J connectivity index is 2.56. The Bertz CT molecular complexity index is 725. The summed E-state index contributed by atoms with van der Waals surface area (Å²) in [5, 5.41) is 0. The van der Waals surface area contributed by atoms with Crippen LogP contribution in [0.3, 0.4) is 0 Å². The van der Waals surface area contributed by atoms with Crippen molar-refractivity contribution in [3.63, 3.8) is 0 Å². The number of hydrogen-bond donors (Lipinski definition) is 0. The number of rotatable bonds is 5. The topological polar surface area (TPSA) is 15.6 Å². The summed E-state index contributed by atoms with van der Waals surface area (Å²) < 4.78 is 2.47. The van der Waals surface area contributed by atoms with Gasteiger partial charge in [0.15, 0.2) is 0 Å². The van der Waals surface area contributed by atoms with Gasteiger partial charge in [0.1, 0.15) is 8.24 Å². The molecule has 0 atom stereocenters. The maximum Gasteiger partial charge on any atom is 0.147 e. The molecule has 0 saturated carbocycles. The molecule has 0 aliphatic rings. The molecule has 3 heteroatoms. The zero-order valence-corrected chi connectivity index (χ0v) is 16.7. The fourth-order valence-electron chi connectivity index (χ4n) is 2.54. The van der Waals surface area contributed by atoms with E-state index in [0.717, 1.165) is 11.4 Å². The van der Waals surface area contributed by atoms with Crippen molar-refractivity contribution in [2.75, 3.05) is 7.05 Å².